The lowest BCUT2D eigenvalue weighted by Crippen LogP contribution is -2.36. The zero-order valence-electron chi connectivity index (χ0n) is 12.2. The highest BCUT2D eigenvalue weighted by Gasteiger charge is 2.19. The molecule has 1 fully saturated rings. The molecular weight excluding hydrogens is 255 g/mol. The van der Waals surface area contributed by atoms with Crippen molar-refractivity contribution in [3.05, 3.63) is 29.6 Å². The summed E-state index contributed by atoms with van der Waals surface area (Å²) in [5.74, 6) is -0.168. The molecule has 1 saturated heterocycles. The molecule has 0 amide bonds. The molecule has 20 heavy (non-hydrogen) atoms. The minimum atomic E-state index is -0.229. The monoisotopic (exact) mass is 280 g/mol. The van der Waals surface area contributed by atoms with Crippen LogP contribution in [0.25, 0.3) is 0 Å². The minimum Gasteiger partial charge on any atom is -0.393 e. The number of piperidine rings is 1. The Morgan fingerprint density at radius 2 is 2.10 bits per heavy atom. The molecule has 0 radical (unpaired) electrons. The van der Waals surface area contributed by atoms with Gasteiger partial charge in [0.05, 0.1) is 11.8 Å². The van der Waals surface area contributed by atoms with Crippen LogP contribution >= 0.6 is 0 Å². The Morgan fingerprint density at radius 1 is 1.35 bits per heavy atom. The lowest BCUT2D eigenvalue weighted by Gasteiger charge is -2.32. The summed E-state index contributed by atoms with van der Waals surface area (Å²) in [7, 11) is 0. The first-order chi connectivity index (χ1) is 9.70. The number of hydrogen-bond acceptors (Lipinski definition) is 3. The minimum absolute atomic E-state index is 0.168. The average molecular weight is 280 g/mol. The zero-order chi connectivity index (χ0) is 14.4. The molecule has 3 nitrogen and oxygen atoms in total. The number of unbranched alkanes of at least 4 members (excludes halogenated alkanes) is 1. The predicted molar refractivity (Wildman–Crippen MR) is 80.5 cm³/mol. The summed E-state index contributed by atoms with van der Waals surface area (Å²) in [6.07, 6.45) is 3.56. The number of anilines is 1. The van der Waals surface area contributed by atoms with Gasteiger partial charge in [-0.2, -0.15) is 0 Å². The van der Waals surface area contributed by atoms with Gasteiger partial charge in [-0.3, -0.25) is 0 Å². The Balaban J connectivity index is 1.97. The second kappa shape index (κ2) is 7.60. The number of rotatable bonds is 6. The first-order valence-electron chi connectivity index (χ1n) is 7.63. The molecule has 1 aromatic rings. The zero-order valence-corrected chi connectivity index (χ0v) is 12.2. The molecule has 2 N–H and O–H groups in total. The molecule has 4 heteroatoms. The first-order valence-corrected chi connectivity index (χ1v) is 7.63. The van der Waals surface area contributed by atoms with Gasteiger partial charge < -0.3 is 15.3 Å². The summed E-state index contributed by atoms with van der Waals surface area (Å²) in [5.41, 5.74) is 1.79. The first kappa shape index (κ1) is 15.3. The second-order valence-electron chi connectivity index (χ2n) is 5.53. The van der Waals surface area contributed by atoms with Crippen molar-refractivity contribution in [1.82, 2.24) is 5.32 Å². The molecule has 0 spiro atoms. The Kier molecular flexibility index (Phi) is 5.80. The predicted octanol–water partition coefficient (Wildman–Crippen LogP) is 2.68. The van der Waals surface area contributed by atoms with Gasteiger partial charge in [-0.1, -0.05) is 19.4 Å². The van der Waals surface area contributed by atoms with Crippen molar-refractivity contribution in [2.24, 2.45) is 0 Å². The second-order valence-corrected chi connectivity index (χ2v) is 5.53. The van der Waals surface area contributed by atoms with E-state index in [0.717, 1.165) is 51.0 Å². The fraction of sp³-hybridized carbons (Fsp3) is 0.625. The number of halogens is 1. The van der Waals surface area contributed by atoms with Crippen molar-refractivity contribution in [2.75, 3.05) is 24.5 Å². The molecule has 0 bridgehead atoms. The molecule has 0 atom stereocenters. The van der Waals surface area contributed by atoms with E-state index in [1.54, 1.807) is 6.07 Å². The van der Waals surface area contributed by atoms with E-state index in [9.17, 15) is 9.50 Å². The van der Waals surface area contributed by atoms with Gasteiger partial charge in [0.25, 0.3) is 0 Å². The highest BCUT2D eigenvalue weighted by Crippen LogP contribution is 2.24. The van der Waals surface area contributed by atoms with Gasteiger partial charge in [0.1, 0.15) is 5.82 Å². The van der Waals surface area contributed by atoms with E-state index in [1.807, 2.05) is 17.0 Å². The van der Waals surface area contributed by atoms with E-state index in [4.69, 9.17) is 0 Å². The number of hydrogen-bond donors (Lipinski definition) is 2. The SMILES string of the molecule is CCCCNCc1ccc(F)c(N2CCC(O)CC2)c1. The number of benzene rings is 1. The fourth-order valence-corrected chi connectivity index (χ4v) is 2.55. The standard InChI is InChI=1S/C16H25FN2O/c1-2-3-8-18-12-13-4-5-15(17)16(11-13)19-9-6-14(20)7-10-19/h4-5,11,14,18,20H,2-3,6-10,12H2,1H3. The van der Waals surface area contributed by atoms with Gasteiger partial charge in [0, 0.05) is 19.6 Å². The molecule has 1 aliphatic rings. The van der Waals surface area contributed by atoms with E-state index in [-0.39, 0.29) is 11.9 Å². The van der Waals surface area contributed by atoms with E-state index < -0.39 is 0 Å². The van der Waals surface area contributed by atoms with Gasteiger partial charge >= 0.3 is 0 Å². The number of nitrogens with one attached hydrogen (secondary N) is 1. The van der Waals surface area contributed by atoms with E-state index in [2.05, 4.69) is 12.2 Å². The number of aliphatic hydroxyl groups is 1. The van der Waals surface area contributed by atoms with Gasteiger partial charge in [-0.15, -0.1) is 0 Å². The molecule has 0 saturated carbocycles. The molecule has 0 aliphatic carbocycles. The summed E-state index contributed by atoms with van der Waals surface area (Å²) in [4.78, 5) is 2.04. The molecule has 1 aromatic carbocycles. The Hall–Kier alpha value is -1.13. The lowest BCUT2D eigenvalue weighted by molar-refractivity contribution is 0.145. The third kappa shape index (κ3) is 4.18. The van der Waals surface area contributed by atoms with Crippen molar-refractivity contribution in [1.29, 1.82) is 0 Å². The highest BCUT2D eigenvalue weighted by atomic mass is 19.1. The van der Waals surface area contributed by atoms with Crippen LogP contribution in [-0.4, -0.2) is 30.8 Å². The van der Waals surface area contributed by atoms with Gasteiger partial charge in [0.15, 0.2) is 0 Å². The highest BCUT2D eigenvalue weighted by molar-refractivity contribution is 5.50. The van der Waals surface area contributed by atoms with Crippen LogP contribution in [0.1, 0.15) is 38.2 Å². The van der Waals surface area contributed by atoms with E-state index in [0.29, 0.717) is 5.69 Å². The van der Waals surface area contributed by atoms with Crippen LogP contribution in [0.3, 0.4) is 0 Å². The largest absolute Gasteiger partial charge is 0.393 e. The molecule has 0 aromatic heterocycles. The summed E-state index contributed by atoms with van der Waals surface area (Å²) < 4.78 is 14.0. The third-order valence-electron chi connectivity index (χ3n) is 3.85. The van der Waals surface area contributed by atoms with E-state index in [1.165, 1.54) is 6.42 Å². The van der Waals surface area contributed by atoms with Crippen molar-refractivity contribution in [3.63, 3.8) is 0 Å². The summed E-state index contributed by atoms with van der Waals surface area (Å²) in [6, 6.07) is 5.33. The molecule has 1 aliphatic heterocycles. The Morgan fingerprint density at radius 3 is 2.80 bits per heavy atom. The molecule has 2 rings (SSSR count). The Labute approximate surface area is 120 Å². The number of aliphatic hydroxyl groups excluding tert-OH is 1. The van der Waals surface area contributed by atoms with Crippen molar-refractivity contribution in [3.8, 4) is 0 Å². The summed E-state index contributed by atoms with van der Waals surface area (Å²) in [5, 5.41) is 12.9. The quantitative estimate of drug-likeness (QED) is 0.786. The normalized spacial score (nSPS) is 16.6. The maximum absolute atomic E-state index is 14.0. The lowest BCUT2D eigenvalue weighted by atomic mass is 10.1. The third-order valence-corrected chi connectivity index (χ3v) is 3.85. The smallest absolute Gasteiger partial charge is 0.146 e. The topological polar surface area (TPSA) is 35.5 Å². The van der Waals surface area contributed by atoms with Gasteiger partial charge in [-0.05, 0) is 43.5 Å². The molecule has 0 unspecified atom stereocenters. The van der Waals surface area contributed by atoms with Crippen LogP contribution in [0, 0.1) is 5.82 Å². The molecule has 112 valence electrons. The van der Waals surface area contributed by atoms with Gasteiger partial charge in [-0.25, -0.2) is 4.39 Å². The maximum Gasteiger partial charge on any atom is 0.146 e. The fourth-order valence-electron chi connectivity index (χ4n) is 2.55. The van der Waals surface area contributed by atoms with Crippen molar-refractivity contribution >= 4 is 5.69 Å². The average Bonchev–Trinajstić information content (AvgIpc) is 2.46. The van der Waals surface area contributed by atoms with Crippen LogP contribution < -0.4 is 10.2 Å². The summed E-state index contributed by atoms with van der Waals surface area (Å²) >= 11 is 0. The van der Waals surface area contributed by atoms with Gasteiger partial charge in [0.2, 0.25) is 0 Å². The summed E-state index contributed by atoms with van der Waals surface area (Å²) in [6.45, 7) is 5.40. The van der Waals surface area contributed by atoms with Crippen LogP contribution in [0.2, 0.25) is 0 Å². The van der Waals surface area contributed by atoms with Crippen LogP contribution in [-0.2, 0) is 6.54 Å². The Bertz CT molecular complexity index is 417. The van der Waals surface area contributed by atoms with E-state index >= 15 is 0 Å². The van der Waals surface area contributed by atoms with Crippen LogP contribution in [0.15, 0.2) is 18.2 Å². The number of nitrogens with zero attached hydrogens (tertiary/aromatic N) is 1. The van der Waals surface area contributed by atoms with Crippen LogP contribution in [0.4, 0.5) is 10.1 Å². The molecule has 1 heterocycles. The van der Waals surface area contributed by atoms with Crippen molar-refractivity contribution in [2.45, 2.75) is 45.3 Å². The maximum atomic E-state index is 14.0. The molecular formula is C16H25FN2O. The van der Waals surface area contributed by atoms with Crippen LogP contribution in [0.5, 0.6) is 0 Å². The van der Waals surface area contributed by atoms with Crippen molar-refractivity contribution < 1.29 is 9.50 Å².